The Labute approximate surface area is 422 Å². The number of carbonyl (C=O) groups excluding carboxylic acids is 1. The number of allylic oxidation sites excluding steroid dienone is 10. The summed E-state index contributed by atoms with van der Waals surface area (Å²) in [6.45, 7) is 4.79. The number of quaternary nitrogens is 1. The van der Waals surface area contributed by atoms with Gasteiger partial charge in [-0.3, -0.25) is 13.8 Å². The van der Waals surface area contributed by atoms with E-state index in [2.05, 4.69) is 79.9 Å². The predicted octanol–water partition coefficient (Wildman–Crippen LogP) is 17.3. The van der Waals surface area contributed by atoms with Gasteiger partial charge in [-0.1, -0.05) is 254 Å². The first kappa shape index (κ1) is 66.2. The lowest BCUT2D eigenvalue weighted by atomic mass is 10.0. The van der Waals surface area contributed by atoms with Gasteiger partial charge in [-0.15, -0.1) is 0 Å². The third-order valence-corrected chi connectivity index (χ3v) is 13.8. The number of likely N-dealkylation sites (N-methyl/N-ethyl adjacent to an activating group) is 1. The fourth-order valence-corrected chi connectivity index (χ4v) is 9.05. The number of hydrogen-bond donors (Lipinski definition) is 3. The van der Waals surface area contributed by atoms with Gasteiger partial charge in [-0.2, -0.15) is 0 Å². The minimum Gasteiger partial charge on any atom is -0.391 e. The number of nitrogens with zero attached hydrogens (tertiary/aromatic N) is 1. The minimum absolute atomic E-state index is 0.0734. The van der Waals surface area contributed by atoms with Gasteiger partial charge in [-0.05, 0) is 57.8 Å². The van der Waals surface area contributed by atoms with Crippen LogP contribution >= 0.6 is 7.82 Å². The molecule has 0 heterocycles. The Hall–Kier alpha value is -1.80. The number of nitrogens with one attached hydrogen (secondary N) is 1. The Morgan fingerprint density at radius 2 is 0.882 bits per heavy atom. The number of amides is 1. The summed E-state index contributed by atoms with van der Waals surface area (Å²) in [5.74, 6) is -0.145. The summed E-state index contributed by atoms with van der Waals surface area (Å²) in [6, 6.07) is -0.763. The van der Waals surface area contributed by atoms with Crippen molar-refractivity contribution < 1.29 is 32.9 Å². The van der Waals surface area contributed by atoms with E-state index in [1.807, 2.05) is 21.1 Å². The second kappa shape index (κ2) is 50.2. The molecule has 0 spiro atoms. The Morgan fingerprint density at radius 3 is 1.29 bits per heavy atom. The molecular weight excluding hydrogens is 864 g/mol. The molecule has 68 heavy (non-hydrogen) atoms. The maximum absolute atomic E-state index is 13.0. The number of unbranched alkanes of at least 4 members (excludes halogenated alkanes) is 29. The van der Waals surface area contributed by atoms with Crippen LogP contribution in [0, 0.1) is 0 Å². The lowest BCUT2D eigenvalue weighted by molar-refractivity contribution is -0.870. The van der Waals surface area contributed by atoms with Crippen molar-refractivity contribution >= 4 is 13.7 Å². The fraction of sp³-hybridized carbons (Fsp3) is 0.814. The van der Waals surface area contributed by atoms with Crippen LogP contribution in [0.25, 0.3) is 0 Å². The quantitative estimate of drug-likeness (QED) is 0.0243. The number of aliphatic hydroxyl groups excluding tert-OH is 1. The molecule has 0 aromatic carbocycles. The summed E-state index contributed by atoms with van der Waals surface area (Å²) in [6.07, 6.45) is 67.0. The Morgan fingerprint density at radius 1 is 0.515 bits per heavy atom. The summed E-state index contributed by atoms with van der Waals surface area (Å²) in [4.78, 5) is 23.3. The summed E-state index contributed by atoms with van der Waals surface area (Å²) in [5, 5.41) is 14.1. The molecule has 9 heteroatoms. The molecule has 0 saturated carbocycles. The van der Waals surface area contributed by atoms with Crippen LogP contribution in [0.4, 0.5) is 0 Å². The van der Waals surface area contributed by atoms with E-state index in [4.69, 9.17) is 9.05 Å². The minimum atomic E-state index is -4.32. The van der Waals surface area contributed by atoms with Crippen LogP contribution in [-0.4, -0.2) is 73.4 Å². The number of rotatable bonds is 52. The van der Waals surface area contributed by atoms with Crippen LogP contribution in [0.5, 0.6) is 0 Å². The van der Waals surface area contributed by atoms with Gasteiger partial charge in [0.1, 0.15) is 13.2 Å². The van der Waals surface area contributed by atoms with Crippen molar-refractivity contribution in [3.63, 3.8) is 0 Å². The second-order valence-electron chi connectivity index (χ2n) is 20.6. The van der Waals surface area contributed by atoms with Crippen molar-refractivity contribution in [2.45, 2.75) is 270 Å². The first-order valence-electron chi connectivity index (χ1n) is 28.7. The largest absolute Gasteiger partial charge is 0.472 e. The molecule has 3 atom stereocenters. The Bertz CT molecular complexity index is 1290. The van der Waals surface area contributed by atoms with Crippen molar-refractivity contribution in [1.82, 2.24) is 5.32 Å². The summed E-state index contributed by atoms with van der Waals surface area (Å²) in [7, 11) is 1.62. The molecule has 0 fully saturated rings. The maximum Gasteiger partial charge on any atom is 0.472 e. The van der Waals surface area contributed by atoms with Crippen LogP contribution in [0.15, 0.2) is 60.8 Å². The summed E-state index contributed by atoms with van der Waals surface area (Å²) in [5.41, 5.74) is 0. The SMILES string of the molecule is CC/C=C\C/C=C\C/C=C\C/C=C\C/C=C\CCCCCCCCCCCCCCCC(=O)NC(COP(=O)(O)OCC[N+](C)(C)C)C(O)CCCCCCCCCCCCCCCCCCC. The zero-order valence-electron chi connectivity index (χ0n) is 45.3. The molecule has 0 aromatic rings. The Kier molecular flexibility index (Phi) is 48.8. The smallest absolute Gasteiger partial charge is 0.391 e. The van der Waals surface area contributed by atoms with Crippen LogP contribution in [0.1, 0.15) is 258 Å². The molecule has 3 unspecified atom stereocenters. The number of hydrogen-bond acceptors (Lipinski definition) is 5. The third-order valence-electron chi connectivity index (χ3n) is 12.8. The molecule has 0 saturated heterocycles. The van der Waals surface area contributed by atoms with Gasteiger partial charge in [0.25, 0.3) is 0 Å². The Balaban J connectivity index is 4.13. The topological polar surface area (TPSA) is 105 Å². The van der Waals surface area contributed by atoms with E-state index in [1.54, 1.807) is 0 Å². The normalized spacial score (nSPS) is 14.4. The highest BCUT2D eigenvalue weighted by Crippen LogP contribution is 2.43. The van der Waals surface area contributed by atoms with Crippen LogP contribution < -0.4 is 5.32 Å². The van der Waals surface area contributed by atoms with Crippen LogP contribution in [0.2, 0.25) is 0 Å². The van der Waals surface area contributed by atoms with Crippen molar-refractivity contribution in [3.8, 4) is 0 Å². The van der Waals surface area contributed by atoms with Crippen molar-refractivity contribution in [2.24, 2.45) is 0 Å². The van der Waals surface area contributed by atoms with Crippen LogP contribution in [0.3, 0.4) is 0 Å². The van der Waals surface area contributed by atoms with E-state index in [-0.39, 0.29) is 19.1 Å². The number of aliphatic hydroxyl groups is 1. The zero-order valence-corrected chi connectivity index (χ0v) is 46.2. The molecule has 0 aromatic heterocycles. The van der Waals surface area contributed by atoms with Crippen LogP contribution in [-0.2, 0) is 18.4 Å². The number of carbonyl (C=O) groups is 1. The van der Waals surface area contributed by atoms with Crippen molar-refractivity contribution in [1.29, 1.82) is 0 Å². The van der Waals surface area contributed by atoms with Gasteiger partial charge < -0.3 is 19.8 Å². The highest BCUT2D eigenvalue weighted by Gasteiger charge is 2.28. The average molecular weight is 977 g/mol. The van der Waals surface area contributed by atoms with Gasteiger partial charge in [0, 0.05) is 6.42 Å². The van der Waals surface area contributed by atoms with Gasteiger partial charge in [0.15, 0.2) is 0 Å². The van der Waals surface area contributed by atoms with E-state index in [9.17, 15) is 19.4 Å². The average Bonchev–Trinajstić information content (AvgIpc) is 3.30. The first-order valence-corrected chi connectivity index (χ1v) is 30.1. The molecule has 1 amide bonds. The maximum atomic E-state index is 13.0. The first-order chi connectivity index (χ1) is 33.0. The predicted molar refractivity (Wildman–Crippen MR) is 295 cm³/mol. The fourth-order valence-electron chi connectivity index (χ4n) is 8.31. The second-order valence-corrected chi connectivity index (χ2v) is 22.1. The molecule has 0 bridgehead atoms. The highest BCUT2D eigenvalue weighted by molar-refractivity contribution is 7.47. The van der Waals surface area contributed by atoms with Gasteiger partial charge in [0.2, 0.25) is 5.91 Å². The van der Waals surface area contributed by atoms with Gasteiger partial charge in [-0.25, -0.2) is 4.57 Å². The van der Waals surface area contributed by atoms with E-state index in [0.717, 1.165) is 70.6 Å². The number of phosphoric acid groups is 1. The molecule has 0 aliphatic heterocycles. The standard InChI is InChI=1S/C59H111N2O6P/c1-6-8-10-12-14-16-18-20-22-24-25-26-27-28-29-30-31-32-33-34-35-37-39-41-43-45-47-49-51-53-59(63)60-57(56-67-68(64,65)66-55-54-61(3,4)5)58(62)52-50-48-46-44-42-40-38-36-23-21-19-17-15-13-11-9-7-2/h8,10,14,16,20,22,25-26,28-29,57-58,62H,6-7,9,11-13,15,17-19,21,23-24,27,30-56H2,1-5H3,(H-,60,63,64,65)/p+1/b10-8-,16-14-,22-20-,26-25-,29-28-. The highest BCUT2D eigenvalue weighted by atomic mass is 31.2. The lowest BCUT2D eigenvalue weighted by Crippen LogP contribution is -2.46. The van der Waals surface area contributed by atoms with Gasteiger partial charge in [0.05, 0.1) is 39.9 Å². The third kappa shape index (κ3) is 52.0. The van der Waals surface area contributed by atoms with Crippen molar-refractivity contribution in [3.05, 3.63) is 60.8 Å². The molecule has 0 radical (unpaired) electrons. The van der Waals surface area contributed by atoms with Gasteiger partial charge >= 0.3 is 7.82 Å². The molecule has 0 aliphatic carbocycles. The molecular formula is C59H112N2O6P+. The zero-order chi connectivity index (χ0) is 49.9. The molecule has 8 nitrogen and oxygen atoms in total. The summed E-state index contributed by atoms with van der Waals surface area (Å²) < 4.78 is 23.8. The summed E-state index contributed by atoms with van der Waals surface area (Å²) >= 11 is 0. The van der Waals surface area contributed by atoms with E-state index in [0.29, 0.717) is 23.9 Å². The number of phosphoric ester groups is 1. The molecule has 3 N–H and O–H groups in total. The van der Waals surface area contributed by atoms with E-state index in [1.165, 1.54) is 161 Å². The monoisotopic (exact) mass is 976 g/mol. The molecule has 0 aliphatic rings. The molecule has 398 valence electrons. The van der Waals surface area contributed by atoms with E-state index >= 15 is 0 Å². The van der Waals surface area contributed by atoms with E-state index < -0.39 is 20.0 Å². The molecule has 0 rings (SSSR count). The van der Waals surface area contributed by atoms with Crippen molar-refractivity contribution in [2.75, 3.05) is 40.9 Å². The lowest BCUT2D eigenvalue weighted by Gasteiger charge is -2.26.